The molecule has 0 saturated heterocycles. The molecule has 0 aliphatic carbocycles. The van der Waals surface area contributed by atoms with Crippen molar-refractivity contribution in [3.05, 3.63) is 70.8 Å². The maximum Gasteiger partial charge on any atom is 0.251 e. The SMILES string of the molecule is CCNC(=NCC(O)c1ccc(C)cc1)NCCc1cccc(C(=O)NC)c1. The van der Waals surface area contributed by atoms with E-state index >= 15 is 0 Å². The lowest BCUT2D eigenvalue weighted by atomic mass is 10.1. The maximum absolute atomic E-state index is 11.7. The highest BCUT2D eigenvalue weighted by atomic mass is 16.3. The van der Waals surface area contributed by atoms with Crippen LogP contribution in [-0.4, -0.2) is 43.7 Å². The molecule has 6 heteroatoms. The van der Waals surface area contributed by atoms with E-state index in [1.807, 2.05) is 56.3 Å². The molecular formula is C22H30N4O2. The molecular weight excluding hydrogens is 352 g/mol. The van der Waals surface area contributed by atoms with Gasteiger partial charge in [-0.25, -0.2) is 0 Å². The van der Waals surface area contributed by atoms with Gasteiger partial charge in [0.25, 0.3) is 5.91 Å². The maximum atomic E-state index is 11.7. The first-order valence-corrected chi connectivity index (χ1v) is 9.61. The molecule has 2 aromatic carbocycles. The molecule has 1 amide bonds. The molecule has 0 aliphatic heterocycles. The van der Waals surface area contributed by atoms with Gasteiger partial charge in [-0.3, -0.25) is 9.79 Å². The summed E-state index contributed by atoms with van der Waals surface area (Å²) in [5.74, 6) is 0.575. The van der Waals surface area contributed by atoms with Crippen LogP contribution in [-0.2, 0) is 6.42 Å². The van der Waals surface area contributed by atoms with E-state index in [1.54, 1.807) is 13.1 Å². The molecule has 0 radical (unpaired) electrons. The number of rotatable bonds is 8. The number of hydrogen-bond donors (Lipinski definition) is 4. The standard InChI is InChI=1S/C22H30N4O2/c1-4-24-22(26-15-20(27)18-10-8-16(2)9-11-18)25-13-12-17-6-5-7-19(14-17)21(28)23-3/h5-11,14,20,27H,4,12-13,15H2,1-3H3,(H,23,28)(H2,24,25,26). The van der Waals surface area contributed by atoms with Crippen molar-refractivity contribution in [1.29, 1.82) is 0 Å². The number of aliphatic hydroxyl groups is 1. The van der Waals surface area contributed by atoms with Crippen LogP contribution >= 0.6 is 0 Å². The molecule has 1 atom stereocenters. The minimum atomic E-state index is -0.639. The molecule has 0 bridgehead atoms. The smallest absolute Gasteiger partial charge is 0.251 e. The van der Waals surface area contributed by atoms with Gasteiger partial charge in [-0.15, -0.1) is 0 Å². The van der Waals surface area contributed by atoms with Gasteiger partial charge in [-0.05, 0) is 43.5 Å². The zero-order valence-corrected chi connectivity index (χ0v) is 16.8. The summed E-state index contributed by atoms with van der Waals surface area (Å²) in [6.07, 6.45) is 0.121. The van der Waals surface area contributed by atoms with Gasteiger partial charge in [0.05, 0.1) is 12.6 Å². The lowest BCUT2D eigenvalue weighted by Gasteiger charge is -2.14. The van der Waals surface area contributed by atoms with Gasteiger partial charge in [0.1, 0.15) is 0 Å². The van der Waals surface area contributed by atoms with Gasteiger partial charge in [0.15, 0.2) is 5.96 Å². The highest BCUT2D eigenvalue weighted by molar-refractivity contribution is 5.94. The van der Waals surface area contributed by atoms with Gasteiger partial charge in [-0.1, -0.05) is 42.0 Å². The number of hydrogen-bond acceptors (Lipinski definition) is 3. The van der Waals surface area contributed by atoms with E-state index in [4.69, 9.17) is 0 Å². The third kappa shape index (κ3) is 6.70. The summed E-state index contributed by atoms with van der Waals surface area (Å²) < 4.78 is 0. The van der Waals surface area contributed by atoms with Crippen LogP contribution in [0, 0.1) is 6.92 Å². The molecule has 0 heterocycles. The molecule has 0 fully saturated rings. The van der Waals surface area contributed by atoms with Gasteiger partial charge >= 0.3 is 0 Å². The summed E-state index contributed by atoms with van der Waals surface area (Å²) >= 11 is 0. The Kier molecular flexibility index (Phi) is 8.49. The van der Waals surface area contributed by atoms with E-state index in [2.05, 4.69) is 20.9 Å². The van der Waals surface area contributed by atoms with Crippen LogP contribution < -0.4 is 16.0 Å². The van der Waals surface area contributed by atoms with E-state index in [-0.39, 0.29) is 12.5 Å². The van der Waals surface area contributed by atoms with Crippen molar-refractivity contribution in [3.8, 4) is 0 Å². The number of carbonyl (C=O) groups is 1. The molecule has 4 N–H and O–H groups in total. The van der Waals surface area contributed by atoms with Crippen LogP contribution in [0.5, 0.6) is 0 Å². The van der Waals surface area contributed by atoms with Crippen molar-refractivity contribution in [1.82, 2.24) is 16.0 Å². The molecule has 0 aromatic heterocycles. The van der Waals surface area contributed by atoms with Crippen molar-refractivity contribution in [3.63, 3.8) is 0 Å². The van der Waals surface area contributed by atoms with Crippen LogP contribution in [0.2, 0.25) is 0 Å². The second kappa shape index (κ2) is 11.1. The van der Waals surface area contributed by atoms with E-state index in [9.17, 15) is 9.90 Å². The van der Waals surface area contributed by atoms with Gasteiger partial charge in [0.2, 0.25) is 0 Å². The fraction of sp³-hybridized carbons (Fsp3) is 0.364. The van der Waals surface area contributed by atoms with Crippen molar-refractivity contribution < 1.29 is 9.90 Å². The number of nitrogens with zero attached hydrogens (tertiary/aromatic N) is 1. The third-order valence-electron chi connectivity index (χ3n) is 4.35. The summed E-state index contributed by atoms with van der Waals surface area (Å²) in [7, 11) is 1.63. The fourth-order valence-corrected chi connectivity index (χ4v) is 2.75. The van der Waals surface area contributed by atoms with E-state index in [0.29, 0.717) is 18.1 Å². The Morgan fingerprint density at radius 1 is 1.14 bits per heavy atom. The molecule has 2 rings (SSSR count). The Bertz CT molecular complexity index is 787. The van der Waals surface area contributed by atoms with Crippen LogP contribution in [0.3, 0.4) is 0 Å². The topological polar surface area (TPSA) is 85.8 Å². The lowest BCUT2D eigenvalue weighted by molar-refractivity contribution is 0.0963. The summed E-state index contributed by atoms with van der Waals surface area (Å²) in [5.41, 5.74) is 3.75. The van der Waals surface area contributed by atoms with Crippen LogP contribution in [0.1, 0.15) is 40.1 Å². The number of benzene rings is 2. The molecule has 6 nitrogen and oxygen atoms in total. The van der Waals surface area contributed by atoms with Gasteiger partial charge in [0, 0.05) is 25.7 Å². The van der Waals surface area contributed by atoms with Crippen molar-refractivity contribution in [2.24, 2.45) is 4.99 Å². The summed E-state index contributed by atoms with van der Waals surface area (Å²) in [6, 6.07) is 15.4. The van der Waals surface area contributed by atoms with Gasteiger partial charge in [-0.2, -0.15) is 0 Å². The highest BCUT2D eigenvalue weighted by Gasteiger charge is 2.08. The number of aliphatic hydroxyl groups excluding tert-OH is 1. The second-order valence-corrected chi connectivity index (χ2v) is 6.60. The van der Waals surface area contributed by atoms with E-state index in [1.165, 1.54) is 0 Å². The number of aliphatic imine (C=N–C) groups is 1. The predicted molar refractivity (Wildman–Crippen MR) is 114 cm³/mol. The number of aryl methyl sites for hydroxylation is 1. The summed E-state index contributed by atoms with van der Waals surface area (Å²) in [5, 5.41) is 19.4. The van der Waals surface area contributed by atoms with E-state index in [0.717, 1.165) is 29.7 Å². The molecule has 1 unspecified atom stereocenters. The monoisotopic (exact) mass is 382 g/mol. The fourth-order valence-electron chi connectivity index (χ4n) is 2.75. The Morgan fingerprint density at radius 3 is 2.57 bits per heavy atom. The lowest BCUT2D eigenvalue weighted by Crippen LogP contribution is -2.38. The largest absolute Gasteiger partial charge is 0.386 e. The average Bonchev–Trinajstić information content (AvgIpc) is 2.72. The number of nitrogens with one attached hydrogen (secondary N) is 3. The molecule has 0 spiro atoms. The molecule has 0 aliphatic rings. The Labute approximate surface area is 167 Å². The summed E-state index contributed by atoms with van der Waals surface area (Å²) in [6.45, 7) is 5.71. The van der Waals surface area contributed by atoms with Crippen LogP contribution in [0.25, 0.3) is 0 Å². The minimum absolute atomic E-state index is 0.0881. The number of guanidine groups is 1. The van der Waals surface area contributed by atoms with Crippen LogP contribution in [0.4, 0.5) is 0 Å². The zero-order valence-electron chi connectivity index (χ0n) is 16.8. The average molecular weight is 383 g/mol. The highest BCUT2D eigenvalue weighted by Crippen LogP contribution is 2.13. The molecule has 2 aromatic rings. The molecule has 150 valence electrons. The van der Waals surface area contributed by atoms with Crippen molar-refractivity contribution in [2.75, 3.05) is 26.7 Å². The number of amides is 1. The first-order valence-electron chi connectivity index (χ1n) is 9.61. The Balaban J connectivity index is 1.90. The first kappa shape index (κ1) is 21.4. The third-order valence-corrected chi connectivity index (χ3v) is 4.35. The van der Waals surface area contributed by atoms with E-state index < -0.39 is 6.10 Å². The van der Waals surface area contributed by atoms with Crippen molar-refractivity contribution >= 4 is 11.9 Å². The Morgan fingerprint density at radius 2 is 1.89 bits per heavy atom. The van der Waals surface area contributed by atoms with Gasteiger partial charge < -0.3 is 21.1 Å². The minimum Gasteiger partial charge on any atom is -0.386 e. The molecule has 0 saturated carbocycles. The van der Waals surface area contributed by atoms with Crippen LogP contribution in [0.15, 0.2) is 53.5 Å². The normalized spacial score (nSPS) is 12.4. The second-order valence-electron chi connectivity index (χ2n) is 6.60. The Hall–Kier alpha value is -2.86. The van der Waals surface area contributed by atoms with Crippen molar-refractivity contribution in [2.45, 2.75) is 26.4 Å². The molecule has 28 heavy (non-hydrogen) atoms. The summed E-state index contributed by atoms with van der Waals surface area (Å²) in [4.78, 5) is 16.2. The zero-order chi connectivity index (χ0) is 20.4. The number of carbonyl (C=O) groups excluding carboxylic acids is 1. The first-order chi connectivity index (χ1) is 13.5. The predicted octanol–water partition coefficient (Wildman–Crippen LogP) is 2.19. The quantitative estimate of drug-likeness (QED) is 0.416.